The van der Waals surface area contributed by atoms with E-state index in [1.54, 1.807) is 0 Å². The third kappa shape index (κ3) is 1.89. The second-order valence-electron chi connectivity index (χ2n) is 3.58. The summed E-state index contributed by atoms with van der Waals surface area (Å²) in [6.07, 6.45) is -2.72. The molecule has 4 N–H and O–H groups in total. The number of hydrogen-bond acceptors (Lipinski definition) is 8. The van der Waals surface area contributed by atoms with E-state index in [9.17, 15) is 30.4 Å². The van der Waals surface area contributed by atoms with Crippen LogP contribution in [0.1, 0.15) is 0 Å². The maximum absolute atomic E-state index is 10.7. The minimum atomic E-state index is -1.36. The van der Waals surface area contributed by atoms with Crippen molar-refractivity contribution in [3.63, 3.8) is 0 Å². The molecule has 0 bridgehead atoms. The Labute approximate surface area is 99.1 Å². The number of aliphatic hydroxyl groups is 2. The van der Waals surface area contributed by atoms with E-state index in [-0.39, 0.29) is 11.4 Å². The molecular weight excluding hydrogens is 248 g/mol. The zero-order chi connectivity index (χ0) is 13.4. The monoisotopic (exact) mass is 256 g/mol. The molecule has 1 heterocycles. The second-order valence-corrected chi connectivity index (χ2v) is 3.58. The first-order valence-corrected chi connectivity index (χ1v) is 4.76. The summed E-state index contributed by atoms with van der Waals surface area (Å²) >= 11 is 0. The molecule has 0 amide bonds. The van der Waals surface area contributed by atoms with Gasteiger partial charge in [-0.2, -0.15) is 0 Å². The molecule has 10 nitrogen and oxygen atoms in total. The topological polar surface area (TPSA) is 151 Å². The first-order valence-electron chi connectivity index (χ1n) is 4.76. The molecule has 0 aliphatic carbocycles. The van der Waals surface area contributed by atoms with E-state index in [1.165, 1.54) is 0 Å². The molecule has 18 heavy (non-hydrogen) atoms. The quantitative estimate of drug-likeness (QED) is 0.425. The predicted octanol–water partition coefficient (Wildman–Crippen LogP) is -0.0228. The van der Waals surface area contributed by atoms with Crippen LogP contribution in [0.15, 0.2) is 12.1 Å². The molecule has 2 rings (SSSR count). The fourth-order valence-corrected chi connectivity index (χ4v) is 1.58. The van der Waals surface area contributed by atoms with Crippen molar-refractivity contribution >= 4 is 22.7 Å². The van der Waals surface area contributed by atoms with Gasteiger partial charge in [-0.3, -0.25) is 20.2 Å². The molecule has 10 heteroatoms. The summed E-state index contributed by atoms with van der Waals surface area (Å²) in [6, 6.07) is 1.85. The van der Waals surface area contributed by atoms with E-state index in [1.807, 2.05) is 0 Å². The number of nitrogens with zero attached hydrogens (tertiary/aromatic N) is 2. The molecule has 0 aromatic heterocycles. The number of rotatable bonds is 2. The first kappa shape index (κ1) is 12.0. The Balaban J connectivity index is 2.56. The van der Waals surface area contributed by atoms with Crippen molar-refractivity contribution in [2.45, 2.75) is 12.5 Å². The molecule has 0 spiro atoms. The Morgan fingerprint density at radius 1 is 0.944 bits per heavy atom. The second kappa shape index (κ2) is 4.09. The third-order valence-corrected chi connectivity index (χ3v) is 2.41. The zero-order valence-corrected chi connectivity index (χ0v) is 8.73. The van der Waals surface area contributed by atoms with Crippen molar-refractivity contribution in [3.05, 3.63) is 32.4 Å². The summed E-state index contributed by atoms with van der Waals surface area (Å²) in [5.41, 5.74) is -1.19. The van der Waals surface area contributed by atoms with Crippen molar-refractivity contribution in [1.82, 2.24) is 0 Å². The summed E-state index contributed by atoms with van der Waals surface area (Å²) in [4.78, 5) is 19.6. The number of nitro benzene ring substituents is 2. The SMILES string of the molecule is O=[N+]([O-])c1cc2c(cc1[N+](=O)[O-])NC(O)C(O)N2. The highest BCUT2D eigenvalue weighted by Crippen LogP contribution is 2.38. The molecule has 1 aromatic rings. The lowest BCUT2D eigenvalue weighted by atomic mass is 10.1. The van der Waals surface area contributed by atoms with Crippen LogP contribution in [0.3, 0.4) is 0 Å². The highest BCUT2D eigenvalue weighted by molar-refractivity contribution is 5.79. The van der Waals surface area contributed by atoms with E-state index in [0.29, 0.717) is 0 Å². The lowest BCUT2D eigenvalue weighted by Gasteiger charge is -2.28. The Morgan fingerprint density at radius 2 is 1.28 bits per heavy atom. The van der Waals surface area contributed by atoms with Crippen LogP contribution in [0.2, 0.25) is 0 Å². The van der Waals surface area contributed by atoms with E-state index in [0.717, 1.165) is 12.1 Å². The number of nitrogens with one attached hydrogen (secondary N) is 2. The van der Waals surface area contributed by atoms with Crippen LogP contribution in [-0.2, 0) is 0 Å². The molecule has 2 atom stereocenters. The summed E-state index contributed by atoms with van der Waals surface area (Å²) in [5, 5.41) is 44.8. The number of nitro groups is 2. The van der Waals surface area contributed by atoms with Crippen molar-refractivity contribution in [3.8, 4) is 0 Å². The van der Waals surface area contributed by atoms with Gasteiger partial charge >= 0.3 is 11.4 Å². The number of fused-ring (bicyclic) bond motifs is 1. The standard InChI is InChI=1S/C8H8N4O6/c13-7-8(14)10-4-2-6(12(17)18)5(11(15)16)1-3(4)9-7/h1-2,7-10,13-14H. The van der Waals surface area contributed by atoms with E-state index < -0.39 is 33.7 Å². The highest BCUT2D eigenvalue weighted by Gasteiger charge is 2.31. The van der Waals surface area contributed by atoms with Gasteiger partial charge in [-0.1, -0.05) is 0 Å². The van der Waals surface area contributed by atoms with Gasteiger partial charge < -0.3 is 20.8 Å². The van der Waals surface area contributed by atoms with Gasteiger partial charge in [0.2, 0.25) is 0 Å². The molecule has 2 unspecified atom stereocenters. The van der Waals surface area contributed by atoms with Crippen LogP contribution >= 0.6 is 0 Å². The summed E-state index contributed by atoms with van der Waals surface area (Å²) in [7, 11) is 0. The average molecular weight is 256 g/mol. The van der Waals surface area contributed by atoms with Gasteiger partial charge in [-0.25, -0.2) is 0 Å². The molecule has 0 saturated carbocycles. The fourth-order valence-electron chi connectivity index (χ4n) is 1.58. The largest absolute Gasteiger partial charge is 0.369 e. The van der Waals surface area contributed by atoms with Crippen LogP contribution in [0.25, 0.3) is 0 Å². The van der Waals surface area contributed by atoms with Gasteiger partial charge in [-0.15, -0.1) is 0 Å². The number of anilines is 2. The minimum absolute atomic E-state index is 0.102. The third-order valence-electron chi connectivity index (χ3n) is 2.41. The van der Waals surface area contributed by atoms with Gasteiger partial charge in [0.1, 0.15) is 0 Å². The van der Waals surface area contributed by atoms with Crippen molar-refractivity contribution in [2.24, 2.45) is 0 Å². The Hall–Kier alpha value is -2.46. The van der Waals surface area contributed by atoms with Crippen LogP contribution in [-0.4, -0.2) is 32.5 Å². The molecule has 0 radical (unpaired) electrons. The van der Waals surface area contributed by atoms with Crippen LogP contribution in [0.4, 0.5) is 22.7 Å². The molecule has 1 aliphatic rings. The Kier molecular flexibility index (Phi) is 2.73. The van der Waals surface area contributed by atoms with Gasteiger partial charge in [-0.05, 0) is 0 Å². The molecule has 96 valence electrons. The van der Waals surface area contributed by atoms with E-state index >= 15 is 0 Å². The van der Waals surface area contributed by atoms with Crippen LogP contribution in [0.5, 0.6) is 0 Å². The minimum Gasteiger partial charge on any atom is -0.369 e. The molecule has 1 aliphatic heterocycles. The summed E-state index contributed by atoms with van der Waals surface area (Å²) < 4.78 is 0. The fraction of sp³-hybridized carbons (Fsp3) is 0.250. The lowest BCUT2D eigenvalue weighted by Crippen LogP contribution is -2.42. The van der Waals surface area contributed by atoms with Crippen LogP contribution < -0.4 is 10.6 Å². The average Bonchev–Trinajstić information content (AvgIpc) is 2.28. The normalized spacial score (nSPS) is 21.4. The molecule has 0 fully saturated rings. The van der Waals surface area contributed by atoms with E-state index in [4.69, 9.17) is 0 Å². The Bertz CT molecular complexity index is 486. The highest BCUT2D eigenvalue weighted by atomic mass is 16.6. The molecule has 1 aromatic carbocycles. The van der Waals surface area contributed by atoms with Crippen molar-refractivity contribution in [1.29, 1.82) is 0 Å². The lowest BCUT2D eigenvalue weighted by molar-refractivity contribution is -0.422. The maximum Gasteiger partial charge on any atom is 0.348 e. The van der Waals surface area contributed by atoms with Crippen molar-refractivity contribution < 1.29 is 20.1 Å². The van der Waals surface area contributed by atoms with Gasteiger partial charge in [0, 0.05) is 12.1 Å². The molecular formula is C8H8N4O6. The van der Waals surface area contributed by atoms with Gasteiger partial charge in [0.25, 0.3) is 0 Å². The number of hydrogen-bond donors (Lipinski definition) is 4. The number of benzene rings is 1. The first-order chi connectivity index (χ1) is 8.40. The van der Waals surface area contributed by atoms with Crippen molar-refractivity contribution in [2.75, 3.05) is 10.6 Å². The number of aliphatic hydroxyl groups excluding tert-OH is 2. The molecule has 0 saturated heterocycles. The Morgan fingerprint density at radius 3 is 1.56 bits per heavy atom. The smallest absolute Gasteiger partial charge is 0.348 e. The summed E-state index contributed by atoms with van der Waals surface area (Å²) in [5.74, 6) is 0. The predicted molar refractivity (Wildman–Crippen MR) is 59.0 cm³/mol. The zero-order valence-electron chi connectivity index (χ0n) is 8.73. The van der Waals surface area contributed by atoms with Gasteiger partial charge in [0.15, 0.2) is 12.5 Å². The van der Waals surface area contributed by atoms with Gasteiger partial charge in [0.05, 0.1) is 21.2 Å². The summed E-state index contributed by atoms with van der Waals surface area (Å²) in [6.45, 7) is 0. The van der Waals surface area contributed by atoms with E-state index in [2.05, 4.69) is 10.6 Å². The maximum atomic E-state index is 10.7. The van der Waals surface area contributed by atoms with Crippen LogP contribution in [0, 0.1) is 20.2 Å².